The molecule has 1 N–H and O–H groups in total. The first-order chi connectivity index (χ1) is 7.86. The van der Waals surface area contributed by atoms with Crippen molar-refractivity contribution in [3.8, 4) is 0 Å². The summed E-state index contributed by atoms with van der Waals surface area (Å²) in [5, 5.41) is 3.55. The Labute approximate surface area is 101 Å². The largest absolute Gasteiger partial charge is 0.382 e. The van der Waals surface area contributed by atoms with Crippen LogP contribution in [0.3, 0.4) is 0 Å². The van der Waals surface area contributed by atoms with Crippen LogP contribution < -0.4 is 5.32 Å². The number of piperidine rings is 1. The minimum absolute atomic E-state index is 0.843. The van der Waals surface area contributed by atoms with Gasteiger partial charge in [0.2, 0.25) is 0 Å². The van der Waals surface area contributed by atoms with Crippen LogP contribution in [-0.4, -0.2) is 50.8 Å². The van der Waals surface area contributed by atoms with Crippen molar-refractivity contribution >= 4 is 0 Å². The van der Waals surface area contributed by atoms with Gasteiger partial charge in [0.05, 0.1) is 0 Å². The van der Waals surface area contributed by atoms with Crippen LogP contribution in [0.2, 0.25) is 0 Å². The molecule has 96 valence electrons. The van der Waals surface area contributed by atoms with Crippen LogP contribution in [0.1, 0.15) is 33.1 Å². The summed E-state index contributed by atoms with van der Waals surface area (Å²) < 4.78 is 5.31. The van der Waals surface area contributed by atoms with Gasteiger partial charge in [-0.05, 0) is 64.8 Å². The van der Waals surface area contributed by atoms with Gasteiger partial charge < -0.3 is 15.0 Å². The molecule has 0 amide bonds. The van der Waals surface area contributed by atoms with Crippen LogP contribution in [0.15, 0.2) is 0 Å². The van der Waals surface area contributed by atoms with E-state index in [1.54, 1.807) is 0 Å². The second kappa shape index (κ2) is 8.97. The van der Waals surface area contributed by atoms with Gasteiger partial charge >= 0.3 is 0 Å². The summed E-state index contributed by atoms with van der Waals surface area (Å²) in [6, 6.07) is 0. The second-order valence-electron chi connectivity index (χ2n) is 4.63. The van der Waals surface area contributed by atoms with Crippen molar-refractivity contribution in [3.63, 3.8) is 0 Å². The first kappa shape index (κ1) is 13.9. The molecular weight excluding hydrogens is 200 g/mol. The van der Waals surface area contributed by atoms with Crippen LogP contribution in [0.25, 0.3) is 0 Å². The predicted molar refractivity (Wildman–Crippen MR) is 68.8 cm³/mol. The lowest BCUT2D eigenvalue weighted by atomic mass is 9.97. The average Bonchev–Trinajstić information content (AvgIpc) is 2.34. The first-order valence-electron chi connectivity index (χ1n) is 6.87. The number of ether oxygens (including phenoxy) is 1. The quantitative estimate of drug-likeness (QED) is 0.640. The normalized spacial score (nSPS) is 19.1. The maximum Gasteiger partial charge on any atom is 0.0477 e. The van der Waals surface area contributed by atoms with E-state index in [1.807, 2.05) is 0 Å². The number of nitrogens with one attached hydrogen (secondary N) is 1. The zero-order valence-corrected chi connectivity index (χ0v) is 11.0. The first-order valence-corrected chi connectivity index (χ1v) is 6.87. The van der Waals surface area contributed by atoms with Crippen LogP contribution in [0.4, 0.5) is 0 Å². The van der Waals surface area contributed by atoms with E-state index in [4.69, 9.17) is 4.74 Å². The van der Waals surface area contributed by atoms with Crippen LogP contribution in [0.5, 0.6) is 0 Å². The third-order valence-corrected chi connectivity index (χ3v) is 3.43. The lowest BCUT2D eigenvalue weighted by Gasteiger charge is -2.31. The van der Waals surface area contributed by atoms with Crippen LogP contribution >= 0.6 is 0 Å². The summed E-state index contributed by atoms with van der Waals surface area (Å²) in [4.78, 5) is 2.55. The molecule has 1 heterocycles. The summed E-state index contributed by atoms with van der Waals surface area (Å²) in [6.45, 7) is 12.2. The molecule has 0 aromatic heterocycles. The molecule has 3 heteroatoms. The smallest absolute Gasteiger partial charge is 0.0477 e. The van der Waals surface area contributed by atoms with E-state index in [9.17, 15) is 0 Å². The third-order valence-electron chi connectivity index (χ3n) is 3.43. The summed E-state index contributed by atoms with van der Waals surface area (Å²) in [7, 11) is 0. The monoisotopic (exact) mass is 228 g/mol. The molecular formula is C13H28N2O. The molecule has 0 spiro atoms. The lowest BCUT2D eigenvalue weighted by molar-refractivity contribution is 0.143. The molecule has 0 bridgehead atoms. The topological polar surface area (TPSA) is 24.5 Å². The molecule has 0 aromatic rings. The molecule has 1 aliphatic rings. The highest BCUT2D eigenvalue weighted by molar-refractivity contribution is 4.72. The number of rotatable bonds is 8. The Morgan fingerprint density at radius 1 is 1.25 bits per heavy atom. The Kier molecular flexibility index (Phi) is 7.81. The number of likely N-dealkylation sites (tertiary alicyclic amines) is 1. The van der Waals surface area contributed by atoms with E-state index >= 15 is 0 Å². The van der Waals surface area contributed by atoms with Gasteiger partial charge in [-0.1, -0.05) is 6.92 Å². The Morgan fingerprint density at radius 3 is 2.62 bits per heavy atom. The van der Waals surface area contributed by atoms with E-state index in [0.29, 0.717) is 0 Å². The third kappa shape index (κ3) is 5.83. The zero-order valence-electron chi connectivity index (χ0n) is 11.0. The maximum atomic E-state index is 5.31. The highest BCUT2D eigenvalue weighted by atomic mass is 16.5. The fraction of sp³-hybridized carbons (Fsp3) is 1.00. The highest BCUT2D eigenvalue weighted by Crippen LogP contribution is 2.15. The summed E-state index contributed by atoms with van der Waals surface area (Å²) in [6.07, 6.45) is 3.88. The predicted octanol–water partition coefficient (Wildman–Crippen LogP) is 1.73. The van der Waals surface area contributed by atoms with Crippen molar-refractivity contribution in [3.05, 3.63) is 0 Å². The van der Waals surface area contributed by atoms with Gasteiger partial charge in [-0.15, -0.1) is 0 Å². The average molecular weight is 228 g/mol. The fourth-order valence-electron chi connectivity index (χ4n) is 2.26. The van der Waals surface area contributed by atoms with Crippen LogP contribution in [0, 0.1) is 5.92 Å². The van der Waals surface area contributed by atoms with E-state index in [0.717, 1.165) is 32.1 Å². The molecule has 0 aromatic carbocycles. The molecule has 1 saturated heterocycles. The molecule has 0 atom stereocenters. The van der Waals surface area contributed by atoms with Gasteiger partial charge in [-0.3, -0.25) is 0 Å². The Balaban J connectivity index is 1.90. The molecule has 3 nitrogen and oxygen atoms in total. The van der Waals surface area contributed by atoms with Gasteiger partial charge in [0.25, 0.3) is 0 Å². The summed E-state index contributed by atoms with van der Waals surface area (Å²) in [5.41, 5.74) is 0. The van der Waals surface area contributed by atoms with Gasteiger partial charge in [-0.25, -0.2) is 0 Å². The zero-order chi connectivity index (χ0) is 11.6. The number of nitrogens with zero attached hydrogens (tertiary/aromatic N) is 1. The second-order valence-corrected chi connectivity index (χ2v) is 4.63. The van der Waals surface area contributed by atoms with Gasteiger partial charge in [0.1, 0.15) is 0 Å². The molecule has 0 unspecified atom stereocenters. The SMILES string of the molecule is CCOCCCNCC1CCN(CC)CC1. The summed E-state index contributed by atoms with van der Waals surface area (Å²) >= 11 is 0. The van der Waals surface area contributed by atoms with E-state index in [-0.39, 0.29) is 0 Å². The van der Waals surface area contributed by atoms with Crippen molar-refractivity contribution in [2.45, 2.75) is 33.1 Å². The lowest BCUT2D eigenvalue weighted by Crippen LogP contribution is -2.37. The van der Waals surface area contributed by atoms with Gasteiger partial charge in [0, 0.05) is 13.2 Å². The van der Waals surface area contributed by atoms with Gasteiger partial charge in [-0.2, -0.15) is 0 Å². The number of hydrogen-bond donors (Lipinski definition) is 1. The molecule has 16 heavy (non-hydrogen) atoms. The molecule has 1 fully saturated rings. The van der Waals surface area contributed by atoms with Crippen LogP contribution in [-0.2, 0) is 4.74 Å². The van der Waals surface area contributed by atoms with Gasteiger partial charge in [0.15, 0.2) is 0 Å². The highest BCUT2D eigenvalue weighted by Gasteiger charge is 2.17. The molecule has 1 rings (SSSR count). The van der Waals surface area contributed by atoms with E-state index in [1.165, 1.54) is 39.0 Å². The molecule has 0 radical (unpaired) electrons. The van der Waals surface area contributed by atoms with Crippen molar-refractivity contribution in [2.75, 3.05) is 45.9 Å². The van der Waals surface area contributed by atoms with Crippen molar-refractivity contribution in [2.24, 2.45) is 5.92 Å². The van der Waals surface area contributed by atoms with Crippen molar-refractivity contribution < 1.29 is 4.74 Å². The molecule has 1 aliphatic heterocycles. The Hall–Kier alpha value is -0.120. The molecule has 0 aliphatic carbocycles. The van der Waals surface area contributed by atoms with E-state index < -0.39 is 0 Å². The minimum atomic E-state index is 0.843. The number of hydrogen-bond acceptors (Lipinski definition) is 3. The summed E-state index contributed by atoms with van der Waals surface area (Å²) in [5.74, 6) is 0.898. The van der Waals surface area contributed by atoms with Crippen molar-refractivity contribution in [1.29, 1.82) is 0 Å². The maximum absolute atomic E-state index is 5.31. The fourth-order valence-corrected chi connectivity index (χ4v) is 2.26. The standard InChI is InChI=1S/C13H28N2O/c1-3-15-9-6-13(7-10-15)12-14-8-5-11-16-4-2/h13-14H,3-12H2,1-2H3. The minimum Gasteiger partial charge on any atom is -0.382 e. The van der Waals surface area contributed by atoms with Crippen molar-refractivity contribution in [1.82, 2.24) is 10.2 Å². The Bertz CT molecular complexity index is 156. The molecule has 0 saturated carbocycles. The Morgan fingerprint density at radius 2 is 2.00 bits per heavy atom. The van der Waals surface area contributed by atoms with E-state index in [2.05, 4.69) is 24.1 Å².